The van der Waals surface area contributed by atoms with Crippen molar-refractivity contribution in [1.82, 2.24) is 14.0 Å². The van der Waals surface area contributed by atoms with Gasteiger partial charge in [-0.2, -0.15) is 17.8 Å². The molecule has 11 heteroatoms. The fraction of sp³-hybridized carbons (Fsp3) is 0.333. The number of morpholine rings is 1. The number of nitrogens with one attached hydrogen (secondary N) is 1. The second kappa shape index (κ2) is 9.53. The molecule has 1 saturated heterocycles. The summed E-state index contributed by atoms with van der Waals surface area (Å²) in [6.07, 6.45) is 0. The molecule has 1 N–H and O–H groups in total. The van der Waals surface area contributed by atoms with Crippen molar-refractivity contribution in [3.8, 4) is 0 Å². The van der Waals surface area contributed by atoms with Crippen LogP contribution in [0, 0.1) is 5.82 Å². The highest BCUT2D eigenvalue weighted by Crippen LogP contribution is 2.31. The van der Waals surface area contributed by atoms with Gasteiger partial charge in [0, 0.05) is 25.2 Å². The Morgan fingerprint density at radius 3 is 2.53 bits per heavy atom. The van der Waals surface area contributed by atoms with Crippen LogP contribution in [0.1, 0.15) is 17.0 Å². The number of hydrogen-bond donors (Lipinski definition) is 1. The molecule has 2 heterocycles. The maximum absolute atomic E-state index is 14.7. The van der Waals surface area contributed by atoms with Gasteiger partial charge >= 0.3 is 10.2 Å². The maximum atomic E-state index is 14.7. The first-order chi connectivity index (χ1) is 15.4. The topological polar surface area (TPSA) is 86.6 Å². The minimum Gasteiger partial charge on any atom is -0.379 e. The molecule has 2 aromatic rings. The molecule has 2 aliphatic heterocycles. The summed E-state index contributed by atoms with van der Waals surface area (Å²) in [6, 6.07) is 13.6. The lowest BCUT2D eigenvalue weighted by molar-refractivity contribution is 0.0727. The van der Waals surface area contributed by atoms with Crippen LogP contribution in [0.2, 0.25) is 5.02 Å². The zero-order valence-corrected chi connectivity index (χ0v) is 19.0. The van der Waals surface area contributed by atoms with Gasteiger partial charge in [-0.1, -0.05) is 41.9 Å². The van der Waals surface area contributed by atoms with Gasteiger partial charge in [-0.05, 0) is 29.3 Å². The third-order valence-corrected chi connectivity index (χ3v) is 7.06. The average Bonchev–Trinajstić information content (AvgIpc) is 3.24. The number of ether oxygens (including phenoxy) is 1. The van der Waals surface area contributed by atoms with Crippen molar-refractivity contribution in [1.29, 1.82) is 0 Å². The molecule has 2 aromatic carbocycles. The number of benzene rings is 2. The molecule has 0 aromatic heterocycles. The van der Waals surface area contributed by atoms with Gasteiger partial charge in [0.1, 0.15) is 5.82 Å². The molecular formula is C21H23ClFN5O3S. The average molecular weight is 480 g/mol. The summed E-state index contributed by atoms with van der Waals surface area (Å²) in [6.45, 7) is 1.39. The SMILES string of the molecule is CN=C(NS(=O)(=O)N1CCOCC1)N1CC(c2ccccc2F)C(c2ccc(Cl)cc2)=N1. The van der Waals surface area contributed by atoms with E-state index < -0.39 is 16.1 Å². The van der Waals surface area contributed by atoms with Crippen LogP contribution < -0.4 is 4.72 Å². The number of hydrazone groups is 1. The Morgan fingerprint density at radius 2 is 1.88 bits per heavy atom. The third-order valence-electron chi connectivity index (χ3n) is 5.32. The number of hydrogen-bond acceptors (Lipinski definition) is 5. The summed E-state index contributed by atoms with van der Waals surface area (Å²) < 4.78 is 49.4. The van der Waals surface area contributed by atoms with E-state index in [2.05, 4.69) is 14.8 Å². The second-order valence-corrected chi connectivity index (χ2v) is 9.42. The summed E-state index contributed by atoms with van der Waals surface area (Å²) in [5.74, 6) is -0.728. The van der Waals surface area contributed by atoms with Gasteiger partial charge in [-0.15, -0.1) is 0 Å². The first-order valence-corrected chi connectivity index (χ1v) is 11.9. The molecule has 0 bridgehead atoms. The number of nitrogens with zero attached hydrogens (tertiary/aromatic N) is 4. The van der Waals surface area contributed by atoms with Crippen LogP contribution in [-0.2, 0) is 14.9 Å². The maximum Gasteiger partial charge on any atom is 0.304 e. The van der Waals surface area contributed by atoms with Gasteiger partial charge < -0.3 is 4.74 Å². The summed E-state index contributed by atoms with van der Waals surface area (Å²) in [4.78, 5) is 4.12. The summed E-state index contributed by atoms with van der Waals surface area (Å²) in [5, 5.41) is 6.65. The molecule has 4 rings (SSSR count). The van der Waals surface area contributed by atoms with Gasteiger partial charge in [-0.3, -0.25) is 4.99 Å². The molecule has 1 fully saturated rings. The number of rotatable bonds is 4. The molecule has 0 spiro atoms. The molecule has 0 saturated carbocycles. The first-order valence-electron chi connectivity index (χ1n) is 10.1. The summed E-state index contributed by atoms with van der Waals surface area (Å²) in [5.41, 5.74) is 1.82. The molecule has 1 atom stereocenters. The highest BCUT2D eigenvalue weighted by atomic mass is 35.5. The molecule has 2 aliphatic rings. The van der Waals surface area contributed by atoms with Gasteiger partial charge in [0.2, 0.25) is 5.96 Å². The Kier molecular flexibility index (Phi) is 6.75. The second-order valence-electron chi connectivity index (χ2n) is 7.31. The number of halogens is 2. The quantitative estimate of drug-likeness (QED) is 0.539. The Morgan fingerprint density at radius 1 is 1.19 bits per heavy atom. The minimum atomic E-state index is -3.84. The van der Waals surface area contributed by atoms with E-state index in [0.29, 0.717) is 29.5 Å². The zero-order chi connectivity index (χ0) is 22.7. The van der Waals surface area contributed by atoms with E-state index in [-0.39, 0.29) is 31.4 Å². The van der Waals surface area contributed by atoms with Crippen LogP contribution in [0.4, 0.5) is 4.39 Å². The highest BCUT2D eigenvalue weighted by Gasteiger charge is 2.35. The van der Waals surface area contributed by atoms with Gasteiger partial charge in [0.05, 0.1) is 31.4 Å². The van der Waals surface area contributed by atoms with E-state index in [1.165, 1.54) is 22.4 Å². The molecule has 0 aliphatic carbocycles. The Hall–Kier alpha value is -2.53. The van der Waals surface area contributed by atoms with E-state index in [4.69, 9.17) is 16.3 Å². The van der Waals surface area contributed by atoms with Crippen molar-refractivity contribution in [2.75, 3.05) is 39.9 Å². The van der Waals surface area contributed by atoms with E-state index in [1.807, 2.05) is 0 Å². The molecule has 0 amide bonds. The highest BCUT2D eigenvalue weighted by molar-refractivity contribution is 7.87. The summed E-state index contributed by atoms with van der Waals surface area (Å²) >= 11 is 6.03. The molecule has 8 nitrogen and oxygen atoms in total. The standard InChI is InChI=1S/C21H23ClFN5O3S/c1-24-21(26-32(29,30)27-10-12-31-13-11-27)28-14-18(17-4-2-3-5-19(17)23)20(25-28)15-6-8-16(22)9-7-15/h2-9,18H,10-14H2,1H3,(H,24,26). The minimum absolute atomic E-state index is 0.0572. The van der Waals surface area contributed by atoms with Crippen molar-refractivity contribution < 1.29 is 17.5 Å². The monoisotopic (exact) mass is 479 g/mol. The number of aliphatic imine (C=N–C) groups is 1. The van der Waals surface area contributed by atoms with Gasteiger partial charge in [-0.25, -0.2) is 14.1 Å². The van der Waals surface area contributed by atoms with E-state index >= 15 is 0 Å². The lowest BCUT2D eigenvalue weighted by Gasteiger charge is -2.27. The first kappa shape index (κ1) is 22.7. The van der Waals surface area contributed by atoms with Crippen LogP contribution in [-0.4, -0.2) is 69.3 Å². The predicted molar refractivity (Wildman–Crippen MR) is 122 cm³/mol. The summed E-state index contributed by atoms with van der Waals surface area (Å²) in [7, 11) is -2.36. The largest absolute Gasteiger partial charge is 0.379 e. The fourth-order valence-electron chi connectivity index (χ4n) is 3.70. The van der Waals surface area contributed by atoms with Crippen LogP contribution >= 0.6 is 11.6 Å². The van der Waals surface area contributed by atoms with E-state index in [1.54, 1.807) is 42.5 Å². The van der Waals surface area contributed by atoms with Crippen molar-refractivity contribution in [2.24, 2.45) is 10.1 Å². The molecular weight excluding hydrogens is 457 g/mol. The van der Waals surface area contributed by atoms with Crippen LogP contribution in [0.5, 0.6) is 0 Å². The molecule has 32 heavy (non-hydrogen) atoms. The van der Waals surface area contributed by atoms with Crippen LogP contribution in [0.15, 0.2) is 58.6 Å². The van der Waals surface area contributed by atoms with E-state index in [0.717, 1.165) is 5.56 Å². The van der Waals surface area contributed by atoms with Gasteiger partial charge in [0.15, 0.2) is 0 Å². The Balaban J connectivity index is 1.66. The smallest absolute Gasteiger partial charge is 0.304 e. The normalized spacial score (nSPS) is 20.3. The van der Waals surface area contributed by atoms with Crippen molar-refractivity contribution in [2.45, 2.75) is 5.92 Å². The van der Waals surface area contributed by atoms with Crippen LogP contribution in [0.25, 0.3) is 0 Å². The zero-order valence-electron chi connectivity index (χ0n) is 17.4. The van der Waals surface area contributed by atoms with Crippen molar-refractivity contribution >= 4 is 33.5 Å². The number of guanidine groups is 1. The Labute approximate surface area is 191 Å². The predicted octanol–water partition coefficient (Wildman–Crippen LogP) is 2.44. The fourth-order valence-corrected chi connectivity index (χ4v) is 5.01. The van der Waals surface area contributed by atoms with Crippen molar-refractivity contribution in [3.05, 3.63) is 70.5 Å². The van der Waals surface area contributed by atoms with Crippen LogP contribution in [0.3, 0.4) is 0 Å². The molecule has 1 unspecified atom stereocenters. The van der Waals surface area contributed by atoms with Gasteiger partial charge in [0.25, 0.3) is 0 Å². The molecule has 170 valence electrons. The van der Waals surface area contributed by atoms with E-state index in [9.17, 15) is 12.8 Å². The molecule has 0 radical (unpaired) electrons. The third kappa shape index (κ3) is 4.78. The van der Waals surface area contributed by atoms with Crippen molar-refractivity contribution in [3.63, 3.8) is 0 Å². The Bertz CT molecular complexity index is 1130. The lowest BCUT2D eigenvalue weighted by Crippen LogP contribution is -2.51. The lowest BCUT2D eigenvalue weighted by atomic mass is 9.90.